The van der Waals surface area contributed by atoms with E-state index in [1.165, 1.54) is 19.3 Å². The topological polar surface area (TPSA) is 168 Å². The SMILES string of the molecule is NCCCCC(NC(=O)[C@H](CCC(=O)NCCN)NCC1CCCCC1)C(=O)C(=O)NCc1ccccc1. The zero-order valence-corrected chi connectivity index (χ0v) is 22.5. The van der Waals surface area contributed by atoms with Crippen molar-refractivity contribution in [2.45, 2.75) is 82.8 Å². The van der Waals surface area contributed by atoms with Crippen molar-refractivity contribution < 1.29 is 19.2 Å². The fourth-order valence-electron chi connectivity index (χ4n) is 4.66. The van der Waals surface area contributed by atoms with E-state index in [-0.39, 0.29) is 31.2 Å². The highest BCUT2D eigenvalue weighted by atomic mass is 16.2. The molecule has 2 rings (SSSR count). The summed E-state index contributed by atoms with van der Waals surface area (Å²) in [6.45, 7) is 2.07. The summed E-state index contributed by atoms with van der Waals surface area (Å²) in [6.07, 6.45) is 7.84. The maximum atomic E-state index is 13.4. The molecule has 1 aromatic rings. The average molecular weight is 531 g/mol. The van der Waals surface area contributed by atoms with Gasteiger partial charge in [-0.2, -0.15) is 0 Å². The zero-order valence-electron chi connectivity index (χ0n) is 22.5. The van der Waals surface area contributed by atoms with Gasteiger partial charge in [-0.15, -0.1) is 0 Å². The molecule has 1 fully saturated rings. The third kappa shape index (κ3) is 12.1. The molecule has 1 aliphatic carbocycles. The lowest BCUT2D eigenvalue weighted by Crippen LogP contribution is -2.53. The van der Waals surface area contributed by atoms with Crippen LogP contribution in [0.2, 0.25) is 0 Å². The first-order valence-electron chi connectivity index (χ1n) is 14.0. The summed E-state index contributed by atoms with van der Waals surface area (Å²) >= 11 is 0. The first-order valence-corrected chi connectivity index (χ1v) is 14.0. The minimum absolute atomic E-state index is 0.152. The molecule has 0 aliphatic heterocycles. The number of unbranched alkanes of at least 4 members (excludes halogenated alkanes) is 1. The molecule has 1 saturated carbocycles. The molecule has 38 heavy (non-hydrogen) atoms. The van der Waals surface area contributed by atoms with Gasteiger partial charge in [0.1, 0.15) is 0 Å². The number of rotatable bonds is 18. The van der Waals surface area contributed by atoms with Gasteiger partial charge in [0.25, 0.3) is 5.91 Å². The third-order valence-corrected chi connectivity index (χ3v) is 6.92. The van der Waals surface area contributed by atoms with E-state index in [0.717, 1.165) is 18.4 Å². The van der Waals surface area contributed by atoms with Crippen molar-refractivity contribution in [3.8, 4) is 0 Å². The second-order valence-electron chi connectivity index (χ2n) is 10.0. The number of carbonyl (C=O) groups is 4. The number of hydrogen-bond donors (Lipinski definition) is 6. The van der Waals surface area contributed by atoms with Crippen LogP contribution < -0.4 is 32.7 Å². The molecule has 0 aromatic heterocycles. The molecule has 3 amide bonds. The van der Waals surface area contributed by atoms with Gasteiger partial charge in [0, 0.05) is 26.1 Å². The minimum Gasteiger partial charge on any atom is -0.355 e. The highest BCUT2D eigenvalue weighted by molar-refractivity contribution is 6.38. The third-order valence-electron chi connectivity index (χ3n) is 6.92. The quantitative estimate of drug-likeness (QED) is 0.121. The number of hydrogen-bond acceptors (Lipinski definition) is 7. The second kappa shape index (κ2) is 18.4. The molecular weight excluding hydrogens is 484 g/mol. The minimum atomic E-state index is -0.963. The van der Waals surface area contributed by atoms with Crippen LogP contribution in [0.25, 0.3) is 0 Å². The van der Waals surface area contributed by atoms with Crippen molar-refractivity contribution in [3.63, 3.8) is 0 Å². The van der Waals surface area contributed by atoms with Crippen molar-refractivity contribution >= 4 is 23.5 Å². The maximum absolute atomic E-state index is 13.4. The molecule has 0 saturated heterocycles. The predicted octanol–water partition coefficient (Wildman–Crippen LogP) is 0.879. The van der Waals surface area contributed by atoms with E-state index in [1.807, 2.05) is 30.3 Å². The summed E-state index contributed by atoms with van der Waals surface area (Å²) in [5.41, 5.74) is 12.0. The molecule has 0 radical (unpaired) electrons. The summed E-state index contributed by atoms with van der Waals surface area (Å²) in [6, 6.07) is 7.69. The Morgan fingerprint density at radius 1 is 0.868 bits per heavy atom. The van der Waals surface area contributed by atoms with Crippen LogP contribution in [-0.4, -0.2) is 61.8 Å². The monoisotopic (exact) mass is 530 g/mol. The van der Waals surface area contributed by atoms with Crippen LogP contribution >= 0.6 is 0 Å². The van der Waals surface area contributed by atoms with E-state index < -0.39 is 23.8 Å². The van der Waals surface area contributed by atoms with Crippen LogP contribution in [0.4, 0.5) is 0 Å². The Labute approximate surface area is 226 Å². The molecule has 1 aromatic carbocycles. The standard InChI is InChI=1S/C28H46N6O4/c29-16-8-7-13-23(26(36)28(38)33-20-22-11-5-2-6-12-22)34-27(37)24(14-15-25(35)31-18-17-30)32-19-21-9-3-1-4-10-21/h2,5-6,11-12,21,23-24,32H,1,3-4,7-10,13-20,29-30H2,(H,31,35)(H,33,38)(H,34,37)/t23?,24-/m0/s1. The number of Topliss-reactive ketones (excluding diaryl/α,β-unsaturated/α-hetero) is 1. The smallest absolute Gasteiger partial charge is 0.289 e. The summed E-state index contributed by atoms with van der Waals surface area (Å²) < 4.78 is 0. The Morgan fingerprint density at radius 2 is 1.61 bits per heavy atom. The van der Waals surface area contributed by atoms with E-state index in [4.69, 9.17) is 11.5 Å². The van der Waals surface area contributed by atoms with Gasteiger partial charge in [-0.25, -0.2) is 0 Å². The van der Waals surface area contributed by atoms with E-state index in [9.17, 15) is 19.2 Å². The van der Waals surface area contributed by atoms with Crippen LogP contribution in [0.1, 0.15) is 69.8 Å². The predicted molar refractivity (Wildman–Crippen MR) is 148 cm³/mol. The Bertz CT molecular complexity index is 860. The number of ketones is 1. The molecule has 0 bridgehead atoms. The van der Waals surface area contributed by atoms with Gasteiger partial charge in [0.05, 0.1) is 12.1 Å². The lowest BCUT2D eigenvalue weighted by molar-refractivity contribution is -0.140. The van der Waals surface area contributed by atoms with Crippen molar-refractivity contribution in [2.75, 3.05) is 26.2 Å². The van der Waals surface area contributed by atoms with E-state index in [0.29, 0.717) is 51.4 Å². The van der Waals surface area contributed by atoms with Gasteiger partial charge in [-0.05, 0) is 63.1 Å². The van der Waals surface area contributed by atoms with Gasteiger partial charge in [-0.1, -0.05) is 49.6 Å². The summed E-state index contributed by atoms with van der Waals surface area (Å²) in [4.78, 5) is 51.3. The van der Waals surface area contributed by atoms with Crippen molar-refractivity contribution in [3.05, 3.63) is 35.9 Å². The largest absolute Gasteiger partial charge is 0.355 e. The van der Waals surface area contributed by atoms with Gasteiger partial charge in [0.15, 0.2) is 0 Å². The van der Waals surface area contributed by atoms with E-state index in [2.05, 4.69) is 21.3 Å². The number of nitrogens with one attached hydrogen (secondary N) is 4. The lowest BCUT2D eigenvalue weighted by Gasteiger charge is -2.26. The molecule has 212 valence electrons. The summed E-state index contributed by atoms with van der Waals surface area (Å²) in [7, 11) is 0. The van der Waals surface area contributed by atoms with Crippen LogP contribution in [0.3, 0.4) is 0 Å². The molecule has 8 N–H and O–H groups in total. The number of carbonyl (C=O) groups excluding carboxylic acids is 4. The number of nitrogens with two attached hydrogens (primary N) is 2. The molecule has 10 heteroatoms. The Balaban J connectivity index is 2.03. The van der Waals surface area contributed by atoms with Crippen LogP contribution in [-0.2, 0) is 25.7 Å². The van der Waals surface area contributed by atoms with Crippen molar-refractivity contribution in [1.82, 2.24) is 21.3 Å². The molecule has 1 aliphatic rings. The molecule has 1 unspecified atom stereocenters. The van der Waals surface area contributed by atoms with E-state index in [1.54, 1.807) is 0 Å². The normalized spacial score (nSPS) is 15.3. The highest BCUT2D eigenvalue weighted by Gasteiger charge is 2.30. The molecule has 2 atom stereocenters. The first kappa shape index (κ1) is 31.4. The second-order valence-corrected chi connectivity index (χ2v) is 10.0. The van der Waals surface area contributed by atoms with Crippen molar-refractivity contribution in [1.29, 1.82) is 0 Å². The fourth-order valence-corrected chi connectivity index (χ4v) is 4.66. The molecule has 0 heterocycles. The van der Waals surface area contributed by atoms with Crippen LogP contribution in [0, 0.1) is 5.92 Å². The van der Waals surface area contributed by atoms with Crippen LogP contribution in [0.15, 0.2) is 30.3 Å². The van der Waals surface area contributed by atoms with E-state index >= 15 is 0 Å². The number of benzene rings is 1. The molecular formula is C28H46N6O4. The first-order chi connectivity index (χ1) is 18.4. The van der Waals surface area contributed by atoms with Gasteiger partial charge in [-0.3, -0.25) is 19.2 Å². The van der Waals surface area contributed by atoms with Gasteiger partial charge >= 0.3 is 0 Å². The van der Waals surface area contributed by atoms with Crippen molar-refractivity contribution in [2.24, 2.45) is 17.4 Å². The summed E-state index contributed by atoms with van der Waals surface area (Å²) in [5.74, 6) is -1.49. The van der Waals surface area contributed by atoms with Gasteiger partial charge < -0.3 is 32.7 Å². The number of amides is 3. The van der Waals surface area contributed by atoms with Crippen LogP contribution in [0.5, 0.6) is 0 Å². The summed E-state index contributed by atoms with van der Waals surface area (Å²) in [5, 5.41) is 11.5. The Hall–Kier alpha value is -2.82. The average Bonchev–Trinajstić information content (AvgIpc) is 2.94. The molecule has 10 nitrogen and oxygen atoms in total. The lowest BCUT2D eigenvalue weighted by atomic mass is 9.89. The molecule has 0 spiro atoms. The van der Waals surface area contributed by atoms with Gasteiger partial charge in [0.2, 0.25) is 17.6 Å². The Kier molecular flexibility index (Phi) is 15.2. The maximum Gasteiger partial charge on any atom is 0.289 e. The Morgan fingerprint density at radius 3 is 2.29 bits per heavy atom. The zero-order chi connectivity index (χ0) is 27.6. The highest BCUT2D eigenvalue weighted by Crippen LogP contribution is 2.23. The fraction of sp³-hybridized carbons (Fsp3) is 0.643.